The molecule has 0 bridgehead atoms. The maximum absolute atomic E-state index is 13.1. The highest BCUT2D eigenvalue weighted by Gasteiger charge is 2.31. The first-order valence-electron chi connectivity index (χ1n) is 11.7. The summed E-state index contributed by atoms with van der Waals surface area (Å²) in [5.74, 6) is 0.260. The van der Waals surface area contributed by atoms with Crippen molar-refractivity contribution in [2.75, 3.05) is 23.5 Å². The highest BCUT2D eigenvalue weighted by atomic mass is 35.5. The molecule has 0 amide bonds. The summed E-state index contributed by atoms with van der Waals surface area (Å²) in [5.41, 5.74) is 9.46. The molecule has 0 unspecified atom stereocenters. The molecule has 1 atom stereocenters. The second-order valence-electron chi connectivity index (χ2n) is 9.39. The van der Waals surface area contributed by atoms with Crippen molar-refractivity contribution in [3.63, 3.8) is 0 Å². The molecule has 1 aliphatic rings. The van der Waals surface area contributed by atoms with Crippen LogP contribution >= 0.6 is 11.6 Å². The molecule has 5 rings (SSSR count). The van der Waals surface area contributed by atoms with Crippen molar-refractivity contribution in [3.8, 4) is 22.9 Å². The number of aromatic nitrogens is 2. The lowest BCUT2D eigenvalue weighted by Crippen LogP contribution is -2.39. The minimum atomic E-state index is -3.62. The van der Waals surface area contributed by atoms with Gasteiger partial charge in [0.25, 0.3) is 0 Å². The summed E-state index contributed by atoms with van der Waals surface area (Å²) in [6.45, 7) is 2.52. The van der Waals surface area contributed by atoms with Gasteiger partial charge in [-0.3, -0.25) is 0 Å². The molecule has 4 aromatic rings. The fourth-order valence-corrected chi connectivity index (χ4v) is 6.94. The van der Waals surface area contributed by atoms with Crippen LogP contribution in [0.15, 0.2) is 74.9 Å². The molecule has 0 saturated carbocycles. The molecule has 0 aliphatic carbocycles. The van der Waals surface area contributed by atoms with E-state index in [1.807, 2.05) is 17.0 Å². The maximum atomic E-state index is 13.1. The van der Waals surface area contributed by atoms with E-state index in [9.17, 15) is 16.8 Å². The Morgan fingerprint density at radius 1 is 1.05 bits per heavy atom. The second kappa shape index (κ2) is 9.81. The van der Waals surface area contributed by atoms with Crippen LogP contribution in [0.3, 0.4) is 0 Å². The lowest BCUT2D eigenvalue weighted by Gasteiger charge is -2.26. The summed E-state index contributed by atoms with van der Waals surface area (Å²) in [7, 11) is -6.97. The molecular weight excluding hydrogens is 548 g/mol. The van der Waals surface area contributed by atoms with Gasteiger partial charge in [-0.1, -0.05) is 23.7 Å². The number of rotatable bonds is 5. The lowest BCUT2D eigenvalue weighted by atomic mass is 10.1. The van der Waals surface area contributed by atoms with E-state index in [4.69, 9.17) is 21.8 Å². The van der Waals surface area contributed by atoms with Crippen molar-refractivity contribution in [2.45, 2.75) is 29.3 Å². The standard InChI is InChI=1S/C26H25ClN4O5S2/c1-16-11-21(37(2,32)33)8-9-22(16)26-30-29-25(36-26)18-5-10-24-23(12-18)31(14-20(28)15-38(24,34)35)13-17-3-6-19(27)7-4-17/h3-12,20H,13-15,28H2,1-2H3/t20-/m1/s1. The Kier molecular flexibility index (Phi) is 6.80. The van der Waals surface area contributed by atoms with Gasteiger partial charge in [-0.25, -0.2) is 16.8 Å². The maximum Gasteiger partial charge on any atom is 0.248 e. The van der Waals surface area contributed by atoms with Gasteiger partial charge in [-0.2, -0.15) is 0 Å². The van der Waals surface area contributed by atoms with Crippen molar-refractivity contribution in [1.82, 2.24) is 10.2 Å². The highest BCUT2D eigenvalue weighted by molar-refractivity contribution is 7.91. The predicted octanol–water partition coefficient (Wildman–Crippen LogP) is 3.89. The van der Waals surface area contributed by atoms with Crippen molar-refractivity contribution >= 4 is 37.0 Å². The molecule has 2 heterocycles. The topological polar surface area (TPSA) is 136 Å². The Hall–Kier alpha value is -3.25. The number of nitrogens with zero attached hydrogens (tertiary/aromatic N) is 3. The largest absolute Gasteiger partial charge is 0.416 e. The molecule has 0 saturated heterocycles. The van der Waals surface area contributed by atoms with Crippen molar-refractivity contribution < 1.29 is 21.3 Å². The summed E-state index contributed by atoms with van der Waals surface area (Å²) < 4.78 is 55.9. The quantitative estimate of drug-likeness (QED) is 0.377. The van der Waals surface area contributed by atoms with Crippen molar-refractivity contribution in [1.29, 1.82) is 0 Å². The van der Waals surface area contributed by atoms with Crippen LogP contribution in [-0.2, 0) is 26.2 Å². The molecule has 198 valence electrons. The number of fused-ring (bicyclic) bond motifs is 1. The molecule has 0 spiro atoms. The molecule has 2 N–H and O–H groups in total. The zero-order chi connectivity index (χ0) is 27.2. The van der Waals surface area contributed by atoms with E-state index in [-0.39, 0.29) is 27.3 Å². The van der Waals surface area contributed by atoms with E-state index < -0.39 is 25.7 Å². The van der Waals surface area contributed by atoms with Gasteiger partial charge in [0.15, 0.2) is 19.7 Å². The Balaban J connectivity index is 1.54. The van der Waals surface area contributed by atoms with Crippen LogP contribution in [0.5, 0.6) is 0 Å². The first-order valence-corrected chi connectivity index (χ1v) is 15.6. The molecule has 0 fully saturated rings. The normalized spacial score (nSPS) is 17.2. The summed E-state index contributed by atoms with van der Waals surface area (Å²) in [6.07, 6.45) is 1.15. The van der Waals surface area contributed by atoms with Gasteiger partial charge in [0.2, 0.25) is 11.8 Å². The average Bonchev–Trinajstić information content (AvgIpc) is 3.30. The lowest BCUT2D eigenvalue weighted by molar-refractivity contribution is 0.583. The third-order valence-electron chi connectivity index (χ3n) is 6.34. The molecule has 9 nitrogen and oxygen atoms in total. The fourth-order valence-electron chi connectivity index (χ4n) is 4.48. The molecule has 3 aromatic carbocycles. The summed E-state index contributed by atoms with van der Waals surface area (Å²) in [4.78, 5) is 2.32. The Bertz CT molecular complexity index is 1740. The summed E-state index contributed by atoms with van der Waals surface area (Å²) in [6, 6.07) is 16.3. The van der Waals surface area contributed by atoms with Gasteiger partial charge in [-0.15, -0.1) is 10.2 Å². The van der Waals surface area contributed by atoms with Gasteiger partial charge in [0.1, 0.15) is 0 Å². The van der Waals surface area contributed by atoms with Crippen molar-refractivity contribution in [3.05, 3.63) is 76.8 Å². The fraction of sp³-hybridized carbons (Fsp3) is 0.231. The Labute approximate surface area is 226 Å². The summed E-state index contributed by atoms with van der Waals surface area (Å²) >= 11 is 6.03. The number of hydrogen-bond acceptors (Lipinski definition) is 9. The van der Waals surface area contributed by atoms with Gasteiger partial charge in [-0.05, 0) is 66.6 Å². The van der Waals surface area contributed by atoms with Crippen LogP contribution in [0.1, 0.15) is 11.1 Å². The number of halogens is 1. The SMILES string of the molecule is Cc1cc(S(C)(=O)=O)ccc1-c1nnc(-c2ccc3c(c2)N(Cc2ccc(Cl)cc2)C[C@@H](N)CS3(=O)=O)o1. The monoisotopic (exact) mass is 572 g/mol. The number of anilines is 1. The van der Waals surface area contributed by atoms with Crippen LogP contribution in [-0.4, -0.2) is 51.6 Å². The van der Waals surface area contributed by atoms with Gasteiger partial charge >= 0.3 is 0 Å². The van der Waals surface area contributed by atoms with Gasteiger partial charge < -0.3 is 15.1 Å². The Morgan fingerprint density at radius 3 is 2.45 bits per heavy atom. The van der Waals surface area contributed by atoms with Crippen LogP contribution in [0.2, 0.25) is 5.02 Å². The van der Waals surface area contributed by atoms with E-state index in [0.717, 1.165) is 11.8 Å². The number of nitrogens with two attached hydrogens (primary N) is 1. The van der Waals surface area contributed by atoms with Crippen LogP contribution in [0.4, 0.5) is 5.69 Å². The van der Waals surface area contributed by atoms with Crippen LogP contribution in [0, 0.1) is 6.92 Å². The molecule has 38 heavy (non-hydrogen) atoms. The van der Waals surface area contributed by atoms with E-state index in [0.29, 0.717) is 40.5 Å². The zero-order valence-corrected chi connectivity index (χ0v) is 23.0. The molecule has 1 aromatic heterocycles. The third-order valence-corrected chi connectivity index (χ3v) is 9.58. The van der Waals surface area contributed by atoms with Crippen molar-refractivity contribution in [2.24, 2.45) is 5.73 Å². The van der Waals surface area contributed by atoms with Gasteiger partial charge in [0, 0.05) is 41.5 Å². The molecule has 12 heteroatoms. The van der Waals surface area contributed by atoms with E-state index >= 15 is 0 Å². The van der Waals surface area contributed by atoms with E-state index in [2.05, 4.69) is 10.2 Å². The second-order valence-corrected chi connectivity index (χ2v) is 13.8. The Morgan fingerprint density at radius 2 is 1.76 bits per heavy atom. The number of sulfone groups is 2. The smallest absolute Gasteiger partial charge is 0.248 e. The zero-order valence-electron chi connectivity index (χ0n) is 20.6. The molecule has 0 radical (unpaired) electrons. The van der Waals surface area contributed by atoms with Crippen LogP contribution < -0.4 is 10.6 Å². The van der Waals surface area contributed by atoms with E-state index in [1.54, 1.807) is 49.4 Å². The number of benzene rings is 3. The van der Waals surface area contributed by atoms with E-state index in [1.165, 1.54) is 6.07 Å². The minimum Gasteiger partial charge on any atom is -0.416 e. The first kappa shape index (κ1) is 26.4. The third kappa shape index (κ3) is 5.32. The predicted molar refractivity (Wildman–Crippen MR) is 146 cm³/mol. The average molecular weight is 573 g/mol. The summed E-state index contributed by atoms with van der Waals surface area (Å²) in [5, 5.41) is 8.94. The molecule has 1 aliphatic heterocycles. The van der Waals surface area contributed by atoms with Crippen LogP contribution in [0.25, 0.3) is 22.9 Å². The first-order chi connectivity index (χ1) is 17.9. The number of aryl methyl sites for hydroxylation is 1. The number of hydrogen-bond donors (Lipinski definition) is 1. The minimum absolute atomic E-state index is 0.163. The van der Waals surface area contributed by atoms with Gasteiger partial charge in [0.05, 0.1) is 21.2 Å². The molecular formula is C26H25ClN4O5S2. The highest BCUT2D eigenvalue weighted by Crippen LogP contribution is 2.36.